The molecule has 100 valence electrons. The summed E-state index contributed by atoms with van der Waals surface area (Å²) in [6, 6.07) is 2.36. The summed E-state index contributed by atoms with van der Waals surface area (Å²) in [6.07, 6.45) is 2.36. The summed E-state index contributed by atoms with van der Waals surface area (Å²) < 4.78 is 0. The molecule has 0 spiro atoms. The number of rotatable bonds is 1. The molecule has 0 bridgehead atoms. The average molecular weight is 250 g/mol. The number of piperidine rings is 1. The molecule has 1 unspecified atom stereocenters. The van der Waals surface area contributed by atoms with E-state index in [9.17, 15) is 4.79 Å². The number of carbonyl (C=O) groups is 1. The van der Waals surface area contributed by atoms with Crippen molar-refractivity contribution in [2.24, 2.45) is 5.92 Å². The summed E-state index contributed by atoms with van der Waals surface area (Å²) in [6.45, 7) is 7.65. The largest absolute Gasteiger partial charge is 0.324 e. The Labute approximate surface area is 109 Å². The lowest BCUT2D eigenvalue weighted by Gasteiger charge is -2.39. The Morgan fingerprint density at radius 2 is 1.94 bits per heavy atom. The van der Waals surface area contributed by atoms with E-state index >= 15 is 0 Å². The highest BCUT2D eigenvalue weighted by atomic mass is 16.2. The van der Waals surface area contributed by atoms with Gasteiger partial charge in [-0.15, -0.1) is 0 Å². The fourth-order valence-corrected chi connectivity index (χ4v) is 2.76. The van der Waals surface area contributed by atoms with E-state index in [2.05, 4.69) is 17.9 Å². The molecule has 1 atom stereocenters. The minimum atomic E-state index is 0.193. The summed E-state index contributed by atoms with van der Waals surface area (Å²) in [4.78, 5) is 18.4. The lowest BCUT2D eigenvalue weighted by molar-refractivity contribution is 0.104. The Balaban J connectivity index is 1.82. The molecule has 0 aromatic rings. The maximum Gasteiger partial charge on any atom is 0.320 e. The third-order valence-corrected chi connectivity index (χ3v) is 3.86. The highest BCUT2D eigenvalue weighted by molar-refractivity contribution is 5.74. The molecule has 2 aliphatic rings. The number of nitrogens with zero attached hydrogens (tertiary/aromatic N) is 4. The van der Waals surface area contributed by atoms with Gasteiger partial charge in [0.15, 0.2) is 0 Å². The first-order valence-corrected chi connectivity index (χ1v) is 6.84. The van der Waals surface area contributed by atoms with Gasteiger partial charge in [0.2, 0.25) is 0 Å². The molecule has 2 fully saturated rings. The Hall–Kier alpha value is -1.28. The van der Waals surface area contributed by atoms with Crippen LogP contribution in [-0.4, -0.2) is 66.5 Å². The monoisotopic (exact) mass is 250 g/mol. The van der Waals surface area contributed by atoms with Crippen LogP contribution in [0.25, 0.3) is 0 Å². The number of hydrogen-bond acceptors (Lipinski definition) is 3. The second-order valence-electron chi connectivity index (χ2n) is 5.40. The molecule has 5 nitrogen and oxygen atoms in total. The van der Waals surface area contributed by atoms with Gasteiger partial charge in [0, 0.05) is 39.3 Å². The first-order chi connectivity index (χ1) is 8.70. The van der Waals surface area contributed by atoms with E-state index in [-0.39, 0.29) is 6.03 Å². The van der Waals surface area contributed by atoms with Gasteiger partial charge < -0.3 is 9.80 Å². The van der Waals surface area contributed by atoms with Crippen molar-refractivity contribution in [3.8, 4) is 6.07 Å². The first kappa shape index (κ1) is 13.2. The molecule has 0 aromatic carbocycles. The quantitative estimate of drug-likeness (QED) is 0.652. The average Bonchev–Trinajstić information content (AvgIpc) is 2.39. The van der Waals surface area contributed by atoms with Crippen molar-refractivity contribution in [2.45, 2.75) is 19.8 Å². The molecule has 2 amide bonds. The number of hydrogen-bond donors (Lipinski definition) is 0. The summed E-state index contributed by atoms with van der Waals surface area (Å²) in [5.41, 5.74) is 0. The van der Waals surface area contributed by atoms with Crippen LogP contribution in [0, 0.1) is 17.2 Å². The number of carbonyl (C=O) groups excluding carboxylic acids is 1. The van der Waals surface area contributed by atoms with Crippen LogP contribution in [0.1, 0.15) is 19.8 Å². The predicted octanol–water partition coefficient (Wildman–Crippen LogP) is 0.979. The number of amides is 2. The van der Waals surface area contributed by atoms with Crippen LogP contribution >= 0.6 is 0 Å². The van der Waals surface area contributed by atoms with Crippen LogP contribution < -0.4 is 0 Å². The van der Waals surface area contributed by atoms with Crippen molar-refractivity contribution >= 4 is 6.03 Å². The Bertz CT molecular complexity index is 330. The van der Waals surface area contributed by atoms with Gasteiger partial charge in [-0.3, -0.25) is 4.90 Å². The van der Waals surface area contributed by atoms with Crippen molar-refractivity contribution in [1.82, 2.24) is 14.7 Å². The van der Waals surface area contributed by atoms with Crippen molar-refractivity contribution in [1.29, 1.82) is 5.26 Å². The molecule has 0 saturated carbocycles. The van der Waals surface area contributed by atoms with E-state index in [0.29, 0.717) is 12.5 Å². The van der Waals surface area contributed by atoms with E-state index in [4.69, 9.17) is 5.26 Å². The highest BCUT2D eigenvalue weighted by Gasteiger charge is 2.27. The zero-order valence-corrected chi connectivity index (χ0v) is 11.1. The van der Waals surface area contributed by atoms with Gasteiger partial charge in [0.1, 0.15) is 0 Å². The van der Waals surface area contributed by atoms with Crippen LogP contribution in [0.15, 0.2) is 0 Å². The van der Waals surface area contributed by atoms with E-state index in [1.54, 1.807) is 0 Å². The predicted molar refractivity (Wildman–Crippen MR) is 69.0 cm³/mol. The van der Waals surface area contributed by atoms with Gasteiger partial charge in [-0.2, -0.15) is 5.26 Å². The number of piperazine rings is 1. The third-order valence-electron chi connectivity index (χ3n) is 3.86. The molecule has 0 aliphatic carbocycles. The Morgan fingerprint density at radius 1 is 1.22 bits per heavy atom. The molecule has 0 radical (unpaired) electrons. The first-order valence-electron chi connectivity index (χ1n) is 6.84. The molecular formula is C13H22N4O. The van der Waals surface area contributed by atoms with Crippen molar-refractivity contribution in [3.63, 3.8) is 0 Å². The standard InChI is InChI=1S/C13H22N4O/c1-12-3-2-5-17(11-12)13(18)16-9-7-15(6-4-14)8-10-16/h12H,2-3,5-11H2,1H3. The van der Waals surface area contributed by atoms with E-state index in [1.165, 1.54) is 6.42 Å². The van der Waals surface area contributed by atoms with Crippen molar-refractivity contribution in [2.75, 3.05) is 45.8 Å². The Morgan fingerprint density at radius 3 is 2.56 bits per heavy atom. The van der Waals surface area contributed by atoms with Crippen molar-refractivity contribution < 1.29 is 4.79 Å². The normalized spacial score (nSPS) is 25.9. The van der Waals surface area contributed by atoms with Crippen molar-refractivity contribution in [3.05, 3.63) is 0 Å². The zero-order valence-electron chi connectivity index (χ0n) is 11.1. The second-order valence-corrected chi connectivity index (χ2v) is 5.40. The van der Waals surface area contributed by atoms with Crippen LogP contribution in [-0.2, 0) is 0 Å². The molecule has 5 heteroatoms. The van der Waals surface area contributed by atoms with E-state index in [1.807, 2.05) is 9.80 Å². The zero-order chi connectivity index (χ0) is 13.0. The van der Waals surface area contributed by atoms with Gasteiger partial charge in [0.05, 0.1) is 12.6 Å². The van der Waals surface area contributed by atoms with E-state index < -0.39 is 0 Å². The van der Waals surface area contributed by atoms with Gasteiger partial charge in [-0.05, 0) is 18.8 Å². The van der Waals surface area contributed by atoms with E-state index in [0.717, 1.165) is 45.7 Å². The minimum Gasteiger partial charge on any atom is -0.324 e. The lowest BCUT2D eigenvalue weighted by Crippen LogP contribution is -2.54. The molecular weight excluding hydrogens is 228 g/mol. The molecule has 0 aromatic heterocycles. The van der Waals surface area contributed by atoms with Crippen LogP contribution in [0.5, 0.6) is 0 Å². The minimum absolute atomic E-state index is 0.193. The van der Waals surface area contributed by atoms with Crippen LogP contribution in [0.4, 0.5) is 4.79 Å². The fraction of sp³-hybridized carbons (Fsp3) is 0.846. The van der Waals surface area contributed by atoms with Gasteiger partial charge in [0.25, 0.3) is 0 Å². The third kappa shape index (κ3) is 3.14. The maximum absolute atomic E-state index is 12.3. The molecule has 2 aliphatic heterocycles. The SMILES string of the molecule is CC1CCCN(C(=O)N2CCN(CC#N)CC2)C1. The number of likely N-dealkylation sites (tertiary alicyclic amines) is 1. The maximum atomic E-state index is 12.3. The molecule has 2 heterocycles. The summed E-state index contributed by atoms with van der Waals surface area (Å²) in [5, 5.41) is 8.65. The topological polar surface area (TPSA) is 50.6 Å². The Kier molecular flexibility index (Phi) is 4.43. The number of urea groups is 1. The summed E-state index contributed by atoms with van der Waals surface area (Å²) >= 11 is 0. The summed E-state index contributed by atoms with van der Waals surface area (Å²) in [7, 11) is 0. The van der Waals surface area contributed by atoms with Gasteiger partial charge in [-0.25, -0.2) is 4.79 Å². The lowest BCUT2D eigenvalue weighted by atomic mass is 10.0. The van der Waals surface area contributed by atoms with Crippen LogP contribution in [0.2, 0.25) is 0 Å². The molecule has 2 rings (SSSR count). The fourth-order valence-electron chi connectivity index (χ4n) is 2.76. The molecule has 18 heavy (non-hydrogen) atoms. The molecule has 2 saturated heterocycles. The number of nitriles is 1. The highest BCUT2D eigenvalue weighted by Crippen LogP contribution is 2.17. The van der Waals surface area contributed by atoms with Crippen LogP contribution in [0.3, 0.4) is 0 Å². The second kappa shape index (κ2) is 6.05. The smallest absolute Gasteiger partial charge is 0.320 e. The molecule has 0 N–H and O–H groups in total. The van der Waals surface area contributed by atoms with Gasteiger partial charge >= 0.3 is 6.03 Å². The summed E-state index contributed by atoms with van der Waals surface area (Å²) in [5.74, 6) is 0.627. The van der Waals surface area contributed by atoms with Gasteiger partial charge in [-0.1, -0.05) is 6.92 Å².